The number of thiophene rings is 1. The summed E-state index contributed by atoms with van der Waals surface area (Å²) in [5.41, 5.74) is 4.09. The monoisotopic (exact) mass is 475 g/mol. The second-order valence-electron chi connectivity index (χ2n) is 11.2. The van der Waals surface area contributed by atoms with Gasteiger partial charge in [-0.25, -0.2) is 4.98 Å². The summed E-state index contributed by atoms with van der Waals surface area (Å²) in [6, 6.07) is 14.8. The average molecular weight is 476 g/mol. The molecule has 0 spiro atoms. The van der Waals surface area contributed by atoms with Gasteiger partial charge in [-0.15, -0.1) is 11.3 Å². The minimum absolute atomic E-state index is 0.0174. The molecule has 0 radical (unpaired) electrons. The van der Waals surface area contributed by atoms with Crippen molar-refractivity contribution in [2.75, 3.05) is 19.6 Å². The number of pyridine rings is 1. The number of fused-ring (bicyclic) bond motifs is 2. The highest BCUT2D eigenvalue weighted by molar-refractivity contribution is 7.20. The van der Waals surface area contributed by atoms with Crippen LogP contribution in [0.1, 0.15) is 79.0 Å². The van der Waals surface area contributed by atoms with Gasteiger partial charge in [-0.3, -0.25) is 4.79 Å². The summed E-state index contributed by atoms with van der Waals surface area (Å²) in [6.07, 6.45) is 6.84. The largest absolute Gasteiger partial charge is 0.344 e. The Morgan fingerprint density at radius 3 is 2.68 bits per heavy atom. The molecule has 0 bridgehead atoms. The minimum atomic E-state index is 0.0174. The molecular formula is C29H37N3OS. The number of nitrogens with zero attached hydrogens (tertiary/aromatic N) is 2. The van der Waals surface area contributed by atoms with Crippen LogP contribution in [-0.2, 0) is 12.8 Å². The Morgan fingerprint density at radius 1 is 1.18 bits per heavy atom. The molecule has 2 aromatic heterocycles. The van der Waals surface area contributed by atoms with Crippen LogP contribution < -0.4 is 5.32 Å². The van der Waals surface area contributed by atoms with Gasteiger partial charge in [0.15, 0.2) is 0 Å². The fourth-order valence-corrected chi connectivity index (χ4v) is 6.47. The minimum Gasteiger partial charge on any atom is -0.344 e. The molecule has 1 aliphatic carbocycles. The van der Waals surface area contributed by atoms with E-state index >= 15 is 0 Å². The molecule has 1 aromatic carbocycles. The number of carbonyl (C=O) groups excluding carboxylic acids is 1. The maximum atomic E-state index is 13.4. The van der Waals surface area contributed by atoms with E-state index in [9.17, 15) is 4.79 Å². The van der Waals surface area contributed by atoms with Crippen LogP contribution in [0.2, 0.25) is 0 Å². The molecule has 0 saturated carbocycles. The van der Waals surface area contributed by atoms with Crippen molar-refractivity contribution in [3.05, 3.63) is 64.2 Å². The first kappa shape index (κ1) is 23.5. The van der Waals surface area contributed by atoms with Crippen molar-refractivity contribution in [1.29, 1.82) is 0 Å². The zero-order valence-electron chi connectivity index (χ0n) is 20.8. The molecule has 5 rings (SSSR count). The summed E-state index contributed by atoms with van der Waals surface area (Å²) < 4.78 is 0. The molecule has 1 aliphatic heterocycles. The SMILES string of the molecule is CC(C)(C)[C@H]1CCc2nc3sc(C(=O)N[C@H](CCN4CCCC4)c4ccccc4)cc3cc2C1. The summed E-state index contributed by atoms with van der Waals surface area (Å²) in [5.74, 6) is 0.701. The first-order chi connectivity index (χ1) is 16.4. The molecule has 2 atom stereocenters. The van der Waals surface area contributed by atoms with Crippen molar-refractivity contribution in [1.82, 2.24) is 15.2 Å². The maximum Gasteiger partial charge on any atom is 0.261 e. The van der Waals surface area contributed by atoms with Crippen molar-refractivity contribution in [2.45, 2.75) is 65.3 Å². The molecule has 1 N–H and O–H groups in total. The fraction of sp³-hybridized carbons (Fsp3) is 0.517. The van der Waals surface area contributed by atoms with Gasteiger partial charge in [0, 0.05) is 17.6 Å². The third kappa shape index (κ3) is 5.21. The van der Waals surface area contributed by atoms with Crippen molar-refractivity contribution < 1.29 is 4.79 Å². The van der Waals surface area contributed by atoms with Crippen LogP contribution in [0.25, 0.3) is 10.2 Å². The Labute approximate surface area is 207 Å². The van der Waals surface area contributed by atoms with Gasteiger partial charge < -0.3 is 10.2 Å². The molecule has 3 aromatic rings. The van der Waals surface area contributed by atoms with Crippen molar-refractivity contribution in [3.63, 3.8) is 0 Å². The second kappa shape index (κ2) is 9.79. The first-order valence-corrected chi connectivity index (χ1v) is 13.7. The first-order valence-electron chi connectivity index (χ1n) is 12.9. The van der Waals surface area contributed by atoms with E-state index in [1.54, 1.807) is 0 Å². The van der Waals surface area contributed by atoms with E-state index in [-0.39, 0.29) is 11.9 Å². The Hall–Kier alpha value is -2.24. The standard InChI is InChI=1S/C29H37N3OS/c1-29(2,3)23-11-12-24-21(18-23)17-22-19-26(34-28(22)31-24)27(33)30-25(20-9-5-4-6-10-20)13-16-32-14-7-8-15-32/h4-6,9-10,17,19,23,25H,7-8,11-16,18H2,1-3H3,(H,30,33)/t23-,25+/m0/s1. The summed E-state index contributed by atoms with van der Waals surface area (Å²) in [7, 11) is 0. The normalized spacial score (nSPS) is 19.8. The van der Waals surface area contributed by atoms with E-state index in [1.807, 2.05) is 12.1 Å². The highest BCUT2D eigenvalue weighted by atomic mass is 32.1. The second-order valence-corrected chi connectivity index (χ2v) is 12.2. The van der Waals surface area contributed by atoms with Gasteiger partial charge in [-0.2, -0.15) is 0 Å². The number of likely N-dealkylation sites (tertiary alicyclic amines) is 1. The molecule has 2 aliphatic rings. The molecular weight excluding hydrogens is 438 g/mol. The van der Waals surface area contributed by atoms with Gasteiger partial charge in [-0.05, 0) is 86.2 Å². The molecule has 1 saturated heterocycles. The molecule has 1 amide bonds. The maximum absolute atomic E-state index is 13.4. The molecule has 34 heavy (non-hydrogen) atoms. The van der Waals surface area contributed by atoms with Crippen LogP contribution >= 0.6 is 11.3 Å². The van der Waals surface area contributed by atoms with Gasteiger partial charge in [-0.1, -0.05) is 51.1 Å². The van der Waals surface area contributed by atoms with E-state index in [0.717, 1.165) is 40.9 Å². The number of amides is 1. The summed E-state index contributed by atoms with van der Waals surface area (Å²) in [4.78, 5) is 22.6. The molecule has 180 valence electrons. The number of rotatable bonds is 6. The summed E-state index contributed by atoms with van der Waals surface area (Å²) >= 11 is 1.53. The zero-order chi connectivity index (χ0) is 23.7. The molecule has 5 heteroatoms. The van der Waals surface area contributed by atoms with Crippen LogP contribution in [0.5, 0.6) is 0 Å². The van der Waals surface area contributed by atoms with Gasteiger partial charge in [0.25, 0.3) is 5.91 Å². The molecule has 4 nitrogen and oxygen atoms in total. The summed E-state index contributed by atoms with van der Waals surface area (Å²) in [6.45, 7) is 10.4. The molecule has 3 heterocycles. The predicted octanol–water partition coefficient (Wildman–Crippen LogP) is 6.40. The lowest BCUT2D eigenvalue weighted by Crippen LogP contribution is -2.31. The lowest BCUT2D eigenvalue weighted by Gasteiger charge is -2.34. The van der Waals surface area contributed by atoms with Crippen molar-refractivity contribution in [2.24, 2.45) is 11.3 Å². The van der Waals surface area contributed by atoms with Crippen molar-refractivity contribution >= 4 is 27.5 Å². The quantitative estimate of drug-likeness (QED) is 0.448. The zero-order valence-corrected chi connectivity index (χ0v) is 21.6. The number of hydrogen-bond acceptors (Lipinski definition) is 4. The van der Waals surface area contributed by atoms with Crippen LogP contribution in [0, 0.1) is 11.3 Å². The summed E-state index contributed by atoms with van der Waals surface area (Å²) in [5, 5.41) is 4.46. The Morgan fingerprint density at radius 2 is 1.94 bits per heavy atom. The van der Waals surface area contributed by atoms with Crippen LogP contribution in [0.3, 0.4) is 0 Å². The highest BCUT2D eigenvalue weighted by Crippen LogP contribution is 2.38. The smallest absolute Gasteiger partial charge is 0.261 e. The average Bonchev–Trinajstić information content (AvgIpc) is 3.49. The lowest BCUT2D eigenvalue weighted by atomic mass is 9.71. The Bertz CT molecular complexity index is 1140. The fourth-order valence-electron chi connectivity index (χ4n) is 5.53. The number of nitrogens with one attached hydrogen (secondary N) is 1. The predicted molar refractivity (Wildman–Crippen MR) is 142 cm³/mol. The van der Waals surface area contributed by atoms with Crippen LogP contribution in [0.4, 0.5) is 0 Å². The highest BCUT2D eigenvalue weighted by Gasteiger charge is 2.30. The Kier molecular flexibility index (Phi) is 6.76. The topological polar surface area (TPSA) is 45.2 Å². The Balaban J connectivity index is 1.34. The number of benzene rings is 1. The van der Waals surface area contributed by atoms with E-state index in [2.05, 4.69) is 61.3 Å². The molecule has 0 unspecified atom stereocenters. The van der Waals surface area contributed by atoms with Gasteiger partial charge in [0.1, 0.15) is 4.83 Å². The van der Waals surface area contributed by atoms with Crippen LogP contribution in [0.15, 0.2) is 42.5 Å². The van der Waals surface area contributed by atoms with E-state index in [0.29, 0.717) is 11.3 Å². The van der Waals surface area contributed by atoms with E-state index in [4.69, 9.17) is 4.98 Å². The van der Waals surface area contributed by atoms with Gasteiger partial charge >= 0.3 is 0 Å². The van der Waals surface area contributed by atoms with E-state index < -0.39 is 0 Å². The van der Waals surface area contributed by atoms with E-state index in [1.165, 1.54) is 60.5 Å². The number of aromatic nitrogens is 1. The van der Waals surface area contributed by atoms with Gasteiger partial charge in [0.2, 0.25) is 0 Å². The van der Waals surface area contributed by atoms with Crippen molar-refractivity contribution in [3.8, 4) is 0 Å². The third-order valence-corrected chi connectivity index (χ3v) is 8.80. The number of aryl methyl sites for hydroxylation is 1. The van der Waals surface area contributed by atoms with Gasteiger partial charge in [0.05, 0.1) is 10.9 Å². The lowest BCUT2D eigenvalue weighted by molar-refractivity contribution is 0.0936. The van der Waals surface area contributed by atoms with Crippen LogP contribution in [-0.4, -0.2) is 35.4 Å². The number of carbonyl (C=O) groups is 1. The molecule has 1 fully saturated rings. The number of hydrogen-bond donors (Lipinski definition) is 1. The third-order valence-electron chi connectivity index (χ3n) is 7.76.